The third kappa shape index (κ3) is 2.18. The lowest BCUT2D eigenvalue weighted by molar-refractivity contribution is -0.120. The van der Waals surface area contributed by atoms with Crippen molar-refractivity contribution in [2.75, 3.05) is 11.9 Å². The lowest BCUT2D eigenvalue weighted by Gasteiger charge is -2.12. The number of nitrogens with two attached hydrogens (primary N) is 1. The van der Waals surface area contributed by atoms with Crippen LogP contribution in [0.3, 0.4) is 0 Å². The minimum Gasteiger partial charge on any atom is -0.329 e. The van der Waals surface area contributed by atoms with Crippen molar-refractivity contribution in [1.29, 1.82) is 0 Å². The van der Waals surface area contributed by atoms with Gasteiger partial charge in [0.15, 0.2) is 0 Å². The van der Waals surface area contributed by atoms with Crippen LogP contribution in [0.1, 0.15) is 12.8 Å². The van der Waals surface area contributed by atoms with E-state index in [1.54, 1.807) is 0 Å². The van der Waals surface area contributed by atoms with Crippen molar-refractivity contribution in [2.45, 2.75) is 12.8 Å². The highest BCUT2D eigenvalue weighted by atomic mass is 35.5. The molecule has 1 aliphatic rings. The van der Waals surface area contributed by atoms with Crippen LogP contribution >= 0.6 is 11.6 Å². The number of rotatable bonds is 3. The average molecular weight is 243 g/mol. The molecule has 16 heavy (non-hydrogen) atoms. The Balaban J connectivity index is 2.12. The predicted octanol–water partition coefficient (Wildman–Crippen LogP) is 2.16. The monoisotopic (exact) mass is 242 g/mol. The summed E-state index contributed by atoms with van der Waals surface area (Å²) in [5.74, 6) is -0.628. The molecule has 3 nitrogen and oxygen atoms in total. The molecule has 0 atom stereocenters. The van der Waals surface area contributed by atoms with Crippen LogP contribution in [0.15, 0.2) is 18.2 Å². The summed E-state index contributed by atoms with van der Waals surface area (Å²) in [7, 11) is 0. The van der Waals surface area contributed by atoms with Gasteiger partial charge in [-0.15, -0.1) is 0 Å². The lowest BCUT2D eigenvalue weighted by Crippen LogP contribution is -2.30. The molecule has 1 aromatic rings. The van der Waals surface area contributed by atoms with Crippen molar-refractivity contribution in [3.05, 3.63) is 29.0 Å². The van der Waals surface area contributed by atoms with Gasteiger partial charge in [-0.1, -0.05) is 11.6 Å². The molecule has 1 fully saturated rings. The van der Waals surface area contributed by atoms with E-state index >= 15 is 0 Å². The summed E-state index contributed by atoms with van der Waals surface area (Å²) in [6, 6.07) is 3.93. The molecular weight excluding hydrogens is 231 g/mol. The Hall–Kier alpha value is -1.13. The molecule has 86 valence electrons. The van der Waals surface area contributed by atoms with E-state index in [1.165, 1.54) is 18.2 Å². The number of nitrogens with one attached hydrogen (secondary N) is 1. The van der Waals surface area contributed by atoms with Gasteiger partial charge < -0.3 is 11.1 Å². The number of carbonyl (C=O) groups is 1. The SMILES string of the molecule is NCC1(C(=O)Nc2cc(F)cc(Cl)c2)CC1. The first-order valence-electron chi connectivity index (χ1n) is 5.03. The summed E-state index contributed by atoms with van der Waals surface area (Å²) < 4.78 is 13.0. The van der Waals surface area contributed by atoms with Crippen molar-refractivity contribution in [1.82, 2.24) is 0 Å². The zero-order valence-corrected chi connectivity index (χ0v) is 9.35. The number of hydrogen-bond donors (Lipinski definition) is 2. The first-order chi connectivity index (χ1) is 7.55. The highest BCUT2D eigenvalue weighted by molar-refractivity contribution is 6.30. The van der Waals surface area contributed by atoms with Crippen LogP contribution in [0.2, 0.25) is 5.02 Å². The molecule has 3 N–H and O–H groups in total. The number of amides is 1. The number of anilines is 1. The van der Waals surface area contributed by atoms with Gasteiger partial charge in [-0.3, -0.25) is 4.79 Å². The van der Waals surface area contributed by atoms with Gasteiger partial charge in [0.2, 0.25) is 5.91 Å². The number of halogens is 2. The summed E-state index contributed by atoms with van der Waals surface area (Å²) in [6.07, 6.45) is 1.58. The van der Waals surface area contributed by atoms with Crippen LogP contribution in [-0.4, -0.2) is 12.5 Å². The van der Waals surface area contributed by atoms with Crippen molar-refractivity contribution >= 4 is 23.2 Å². The largest absolute Gasteiger partial charge is 0.329 e. The Kier molecular flexibility index (Phi) is 2.86. The molecule has 0 radical (unpaired) electrons. The van der Waals surface area contributed by atoms with Gasteiger partial charge in [-0.2, -0.15) is 0 Å². The second kappa shape index (κ2) is 4.03. The Morgan fingerprint density at radius 2 is 2.19 bits per heavy atom. The van der Waals surface area contributed by atoms with Crippen molar-refractivity contribution in [2.24, 2.45) is 11.1 Å². The van der Waals surface area contributed by atoms with E-state index in [4.69, 9.17) is 17.3 Å². The second-order valence-electron chi connectivity index (χ2n) is 4.10. The molecule has 0 bridgehead atoms. The fraction of sp³-hybridized carbons (Fsp3) is 0.364. The maximum Gasteiger partial charge on any atom is 0.231 e. The summed E-state index contributed by atoms with van der Waals surface area (Å²) in [6.45, 7) is 0.321. The first kappa shape index (κ1) is 11.4. The molecule has 0 aromatic heterocycles. The molecule has 1 aliphatic carbocycles. The fourth-order valence-corrected chi connectivity index (χ4v) is 1.79. The van der Waals surface area contributed by atoms with Crippen LogP contribution in [-0.2, 0) is 4.79 Å². The molecule has 0 saturated heterocycles. The Morgan fingerprint density at radius 3 is 2.69 bits per heavy atom. The van der Waals surface area contributed by atoms with Crippen molar-refractivity contribution in [3.8, 4) is 0 Å². The Bertz CT molecular complexity index is 412. The van der Waals surface area contributed by atoms with Gasteiger partial charge in [0.1, 0.15) is 5.82 Å². The zero-order valence-electron chi connectivity index (χ0n) is 8.59. The highest BCUT2D eigenvalue weighted by Crippen LogP contribution is 2.45. The van der Waals surface area contributed by atoms with Gasteiger partial charge in [0, 0.05) is 17.3 Å². The molecule has 1 aromatic carbocycles. The minimum absolute atomic E-state index is 0.156. The van der Waals surface area contributed by atoms with Crippen molar-refractivity contribution < 1.29 is 9.18 Å². The number of benzene rings is 1. The van der Waals surface area contributed by atoms with Gasteiger partial charge in [-0.25, -0.2) is 4.39 Å². The van der Waals surface area contributed by atoms with Crippen LogP contribution < -0.4 is 11.1 Å². The van der Waals surface area contributed by atoms with Crippen LogP contribution in [0.5, 0.6) is 0 Å². The predicted molar refractivity (Wildman–Crippen MR) is 60.8 cm³/mol. The van der Waals surface area contributed by atoms with E-state index in [2.05, 4.69) is 5.32 Å². The van der Waals surface area contributed by atoms with Gasteiger partial charge in [0.25, 0.3) is 0 Å². The van der Waals surface area contributed by atoms with Gasteiger partial charge in [0.05, 0.1) is 5.41 Å². The topological polar surface area (TPSA) is 55.1 Å². The smallest absolute Gasteiger partial charge is 0.231 e. The van der Waals surface area contributed by atoms with Crippen LogP contribution in [0, 0.1) is 11.2 Å². The quantitative estimate of drug-likeness (QED) is 0.853. The minimum atomic E-state index is -0.472. The standard InChI is InChI=1S/C11H12ClFN2O/c12-7-3-8(13)5-9(4-7)15-10(16)11(6-14)1-2-11/h3-5H,1-2,6,14H2,(H,15,16). The third-order valence-corrected chi connectivity index (χ3v) is 3.06. The van der Waals surface area contributed by atoms with Crippen LogP contribution in [0.25, 0.3) is 0 Å². The van der Waals surface area contributed by atoms with Gasteiger partial charge >= 0.3 is 0 Å². The summed E-state index contributed by atoms with van der Waals surface area (Å²) in [5.41, 5.74) is 5.45. The lowest BCUT2D eigenvalue weighted by atomic mass is 10.1. The molecule has 0 aliphatic heterocycles. The number of carbonyl (C=O) groups excluding carboxylic acids is 1. The van der Waals surface area contributed by atoms with E-state index in [9.17, 15) is 9.18 Å². The Labute approximate surface area is 97.8 Å². The molecule has 5 heteroatoms. The maximum absolute atomic E-state index is 13.0. The average Bonchev–Trinajstić information content (AvgIpc) is 2.96. The van der Waals surface area contributed by atoms with Crippen molar-refractivity contribution in [3.63, 3.8) is 0 Å². The molecule has 1 amide bonds. The molecule has 2 rings (SSSR count). The molecule has 0 unspecified atom stereocenters. The second-order valence-corrected chi connectivity index (χ2v) is 4.53. The number of hydrogen-bond acceptors (Lipinski definition) is 2. The van der Waals surface area contributed by atoms with E-state index < -0.39 is 11.2 Å². The van der Waals surface area contributed by atoms with Gasteiger partial charge in [-0.05, 0) is 31.0 Å². The van der Waals surface area contributed by atoms with E-state index in [0.29, 0.717) is 12.2 Å². The molecule has 0 spiro atoms. The molecule has 0 heterocycles. The summed E-state index contributed by atoms with van der Waals surface area (Å²) in [4.78, 5) is 11.8. The summed E-state index contributed by atoms with van der Waals surface area (Å²) >= 11 is 5.68. The molecule has 1 saturated carbocycles. The summed E-state index contributed by atoms with van der Waals surface area (Å²) in [5, 5.41) is 2.89. The van der Waals surface area contributed by atoms with Crippen LogP contribution in [0.4, 0.5) is 10.1 Å². The zero-order chi connectivity index (χ0) is 11.8. The maximum atomic E-state index is 13.0. The fourth-order valence-electron chi connectivity index (χ4n) is 1.56. The van der Waals surface area contributed by atoms with E-state index in [1.807, 2.05) is 0 Å². The normalized spacial score (nSPS) is 16.9. The molecular formula is C11H12ClFN2O. The highest BCUT2D eigenvalue weighted by Gasteiger charge is 2.48. The Morgan fingerprint density at radius 1 is 1.50 bits per heavy atom. The third-order valence-electron chi connectivity index (χ3n) is 2.85. The van der Waals surface area contributed by atoms with E-state index in [-0.39, 0.29) is 10.9 Å². The van der Waals surface area contributed by atoms with E-state index in [0.717, 1.165) is 12.8 Å². The first-order valence-corrected chi connectivity index (χ1v) is 5.41.